The summed E-state index contributed by atoms with van der Waals surface area (Å²) in [5, 5.41) is 10.7. The van der Waals surface area contributed by atoms with Gasteiger partial charge in [0, 0.05) is 36.4 Å². The molecule has 1 aromatic carbocycles. The van der Waals surface area contributed by atoms with E-state index in [4.69, 9.17) is 14.6 Å². The van der Waals surface area contributed by atoms with E-state index in [9.17, 15) is 22.4 Å². The second-order valence-corrected chi connectivity index (χ2v) is 10.3. The number of thiazole rings is 1. The molecule has 0 saturated carbocycles. The van der Waals surface area contributed by atoms with Crippen molar-refractivity contribution >= 4 is 23.0 Å². The molecule has 1 unspecified atom stereocenters. The average molecular weight is 578 g/mol. The van der Waals surface area contributed by atoms with Crippen LogP contribution in [0.5, 0.6) is 5.75 Å². The van der Waals surface area contributed by atoms with Crippen molar-refractivity contribution in [1.82, 2.24) is 19.7 Å². The molecule has 40 heavy (non-hydrogen) atoms. The maximum atomic E-state index is 13.3. The first-order valence-electron chi connectivity index (χ1n) is 12.8. The molecule has 0 spiro atoms. The molecular weight excluding hydrogens is 550 g/mol. The standard InChI is InChI=1S/C27H27F4N5O3S/c1-2-11-38-22-6-4-3-5-17(22)23-13-18(34-39-23)20-15-40-27(32-20)16-7-9-35(10-8-16)24(37)14-36-21(26(30)31)12-19(33-36)25(28)29/h2-6,12,15-16,23,25-26H,1,7-11,13-14H2. The highest BCUT2D eigenvalue weighted by Gasteiger charge is 2.31. The summed E-state index contributed by atoms with van der Waals surface area (Å²) in [6, 6.07) is 8.29. The van der Waals surface area contributed by atoms with E-state index in [2.05, 4.69) is 16.8 Å². The number of alkyl halides is 4. The zero-order valence-corrected chi connectivity index (χ0v) is 22.2. The molecule has 13 heteroatoms. The van der Waals surface area contributed by atoms with Gasteiger partial charge < -0.3 is 14.5 Å². The minimum absolute atomic E-state index is 0.126. The van der Waals surface area contributed by atoms with Crippen molar-refractivity contribution in [3.8, 4) is 5.75 Å². The fourth-order valence-corrected chi connectivity index (χ4v) is 5.80. The highest BCUT2D eigenvalue weighted by Crippen LogP contribution is 2.37. The molecule has 2 aliphatic heterocycles. The van der Waals surface area contributed by atoms with Gasteiger partial charge >= 0.3 is 0 Å². The van der Waals surface area contributed by atoms with Crippen molar-refractivity contribution in [2.24, 2.45) is 5.16 Å². The number of halogens is 4. The molecule has 1 fully saturated rings. The van der Waals surface area contributed by atoms with Crippen molar-refractivity contribution in [1.29, 1.82) is 0 Å². The summed E-state index contributed by atoms with van der Waals surface area (Å²) >= 11 is 1.52. The van der Waals surface area contributed by atoms with Crippen LogP contribution in [0.3, 0.4) is 0 Å². The number of carbonyl (C=O) groups excluding carboxylic acids is 1. The van der Waals surface area contributed by atoms with Gasteiger partial charge in [-0.25, -0.2) is 22.5 Å². The molecule has 2 aliphatic rings. The number of hydrogen-bond acceptors (Lipinski definition) is 7. The van der Waals surface area contributed by atoms with Gasteiger partial charge in [-0.1, -0.05) is 36.0 Å². The van der Waals surface area contributed by atoms with Crippen molar-refractivity contribution in [3.63, 3.8) is 0 Å². The number of aromatic nitrogens is 3. The lowest BCUT2D eigenvalue weighted by molar-refractivity contribution is -0.133. The lowest BCUT2D eigenvalue weighted by atomic mass is 9.97. The molecule has 0 aliphatic carbocycles. The van der Waals surface area contributed by atoms with E-state index >= 15 is 0 Å². The minimum Gasteiger partial charge on any atom is -0.489 e. The van der Waals surface area contributed by atoms with Crippen LogP contribution in [0.1, 0.15) is 71.8 Å². The summed E-state index contributed by atoms with van der Waals surface area (Å²) < 4.78 is 58.8. The van der Waals surface area contributed by atoms with E-state index in [0.717, 1.165) is 27.7 Å². The van der Waals surface area contributed by atoms with Crippen LogP contribution in [-0.4, -0.2) is 51.0 Å². The first kappa shape index (κ1) is 27.8. The van der Waals surface area contributed by atoms with Crippen LogP contribution in [0.4, 0.5) is 17.6 Å². The molecule has 1 atom stereocenters. The third-order valence-corrected chi connectivity index (χ3v) is 7.88. The van der Waals surface area contributed by atoms with E-state index in [-0.39, 0.29) is 12.0 Å². The van der Waals surface area contributed by atoms with Crippen LogP contribution in [-0.2, 0) is 16.2 Å². The predicted octanol–water partition coefficient (Wildman–Crippen LogP) is 6.05. The Morgan fingerprint density at radius 2 is 1.98 bits per heavy atom. The Labute approximate surface area is 231 Å². The Morgan fingerprint density at radius 1 is 1.20 bits per heavy atom. The van der Waals surface area contributed by atoms with E-state index in [1.807, 2.05) is 29.6 Å². The van der Waals surface area contributed by atoms with Gasteiger partial charge in [0.05, 0.1) is 10.7 Å². The van der Waals surface area contributed by atoms with Crippen LogP contribution in [0.15, 0.2) is 53.5 Å². The molecule has 5 rings (SSSR count). The summed E-state index contributed by atoms with van der Waals surface area (Å²) in [4.78, 5) is 24.8. The van der Waals surface area contributed by atoms with Gasteiger partial charge in [-0.05, 0) is 25.0 Å². The zero-order chi connectivity index (χ0) is 28.2. The Balaban J connectivity index is 1.16. The van der Waals surface area contributed by atoms with Crippen LogP contribution >= 0.6 is 11.3 Å². The van der Waals surface area contributed by atoms with Gasteiger partial charge in [0.1, 0.15) is 36.0 Å². The lowest BCUT2D eigenvalue weighted by Crippen LogP contribution is -2.40. The normalized spacial score (nSPS) is 17.8. The summed E-state index contributed by atoms with van der Waals surface area (Å²) in [7, 11) is 0. The number of ether oxygens (including phenoxy) is 1. The zero-order valence-electron chi connectivity index (χ0n) is 21.4. The molecule has 1 saturated heterocycles. The summed E-state index contributed by atoms with van der Waals surface area (Å²) in [5.41, 5.74) is 0.934. The van der Waals surface area contributed by atoms with Crippen molar-refractivity contribution in [2.75, 3.05) is 19.7 Å². The van der Waals surface area contributed by atoms with Crippen molar-refractivity contribution in [3.05, 3.63) is 76.0 Å². The van der Waals surface area contributed by atoms with Gasteiger partial charge in [0.15, 0.2) is 6.10 Å². The molecule has 0 N–H and O–H groups in total. The summed E-state index contributed by atoms with van der Waals surface area (Å²) in [6.07, 6.45) is -2.78. The van der Waals surface area contributed by atoms with Gasteiger partial charge in [0.2, 0.25) is 5.91 Å². The molecule has 4 heterocycles. The third kappa shape index (κ3) is 6.03. The molecule has 2 aromatic heterocycles. The number of likely N-dealkylation sites (tertiary alicyclic amines) is 1. The van der Waals surface area contributed by atoms with E-state index in [0.29, 0.717) is 49.7 Å². The lowest BCUT2D eigenvalue weighted by Gasteiger charge is -2.31. The molecule has 1 amide bonds. The Bertz CT molecular complexity index is 1380. The van der Waals surface area contributed by atoms with Crippen LogP contribution in [0.2, 0.25) is 0 Å². The Morgan fingerprint density at radius 3 is 2.70 bits per heavy atom. The van der Waals surface area contributed by atoms with E-state index in [1.54, 1.807) is 11.0 Å². The number of hydrogen-bond donors (Lipinski definition) is 0. The SMILES string of the molecule is C=CCOc1ccccc1C1CC(c2csc(C3CCN(C(=O)Cn4nc(C(F)F)cc4C(F)F)CC3)n2)=NO1. The van der Waals surface area contributed by atoms with E-state index in [1.165, 1.54) is 11.3 Å². The highest BCUT2D eigenvalue weighted by atomic mass is 32.1. The minimum atomic E-state index is -3.01. The van der Waals surface area contributed by atoms with Gasteiger partial charge in [-0.3, -0.25) is 9.48 Å². The molecule has 0 bridgehead atoms. The van der Waals surface area contributed by atoms with Crippen molar-refractivity contribution < 1.29 is 31.9 Å². The number of para-hydroxylation sites is 1. The first-order chi connectivity index (χ1) is 19.3. The van der Waals surface area contributed by atoms with Crippen LogP contribution in [0, 0.1) is 0 Å². The quantitative estimate of drug-likeness (QED) is 0.216. The van der Waals surface area contributed by atoms with Crippen molar-refractivity contribution in [2.45, 2.75) is 50.7 Å². The predicted molar refractivity (Wildman–Crippen MR) is 140 cm³/mol. The first-order valence-corrected chi connectivity index (χ1v) is 13.6. The van der Waals surface area contributed by atoms with Gasteiger partial charge in [0.25, 0.3) is 12.9 Å². The number of nitrogens with zero attached hydrogens (tertiary/aromatic N) is 5. The fourth-order valence-electron chi connectivity index (χ4n) is 4.79. The number of piperidine rings is 1. The maximum absolute atomic E-state index is 13.3. The molecule has 3 aromatic rings. The summed E-state index contributed by atoms with van der Waals surface area (Å²) in [5.74, 6) is 0.405. The highest BCUT2D eigenvalue weighted by molar-refractivity contribution is 7.10. The smallest absolute Gasteiger partial charge is 0.282 e. The second-order valence-electron chi connectivity index (χ2n) is 9.45. The number of amides is 1. The van der Waals surface area contributed by atoms with E-state index < -0.39 is 36.7 Å². The molecule has 212 valence electrons. The monoisotopic (exact) mass is 577 g/mol. The number of benzene rings is 1. The number of rotatable bonds is 10. The van der Waals surface area contributed by atoms with Gasteiger partial charge in [-0.2, -0.15) is 5.10 Å². The number of carbonyl (C=O) groups is 1. The second kappa shape index (κ2) is 12.2. The van der Waals surface area contributed by atoms with Crippen LogP contribution < -0.4 is 4.74 Å². The average Bonchev–Trinajstić information content (AvgIpc) is 3.72. The molecular formula is C27H27F4N5O3S. The summed E-state index contributed by atoms with van der Waals surface area (Å²) in [6.45, 7) is 4.36. The molecule has 0 radical (unpaired) electrons. The Kier molecular flexibility index (Phi) is 8.48. The third-order valence-electron chi connectivity index (χ3n) is 6.87. The maximum Gasteiger partial charge on any atom is 0.282 e. The number of oxime groups is 1. The fraction of sp³-hybridized carbons (Fsp3) is 0.407. The van der Waals surface area contributed by atoms with Gasteiger partial charge in [-0.15, -0.1) is 11.3 Å². The Hall–Kier alpha value is -3.74. The molecule has 8 nitrogen and oxygen atoms in total. The topological polar surface area (TPSA) is 81.8 Å². The van der Waals surface area contributed by atoms with Crippen LogP contribution in [0.25, 0.3) is 0 Å². The largest absolute Gasteiger partial charge is 0.489 e.